The van der Waals surface area contributed by atoms with Crippen molar-refractivity contribution in [2.75, 3.05) is 5.32 Å². The molecule has 0 radical (unpaired) electrons. The molecule has 0 bridgehead atoms. The lowest BCUT2D eigenvalue weighted by Crippen LogP contribution is -2.21. The van der Waals surface area contributed by atoms with E-state index >= 15 is 0 Å². The van der Waals surface area contributed by atoms with Crippen LogP contribution in [0.3, 0.4) is 0 Å². The number of amides is 1. The van der Waals surface area contributed by atoms with Crippen LogP contribution in [0.4, 0.5) is 10.1 Å². The Morgan fingerprint density at radius 2 is 2.10 bits per heavy atom. The van der Waals surface area contributed by atoms with Crippen molar-refractivity contribution < 1.29 is 17.6 Å². The van der Waals surface area contributed by atoms with Crippen LogP contribution in [0.5, 0.6) is 0 Å². The molecule has 0 aromatic heterocycles. The first-order chi connectivity index (χ1) is 9.11. The Hall–Kier alpha value is -1.73. The number of carbonyl (C=O) groups is 1. The highest BCUT2D eigenvalue weighted by atomic mass is 32.2. The van der Waals surface area contributed by atoms with Crippen molar-refractivity contribution in [3.63, 3.8) is 0 Å². The summed E-state index contributed by atoms with van der Waals surface area (Å²) in [4.78, 5) is 11.2. The molecule has 20 heavy (non-hydrogen) atoms. The van der Waals surface area contributed by atoms with Gasteiger partial charge in [0.2, 0.25) is 15.9 Å². The number of anilines is 1. The van der Waals surface area contributed by atoms with Gasteiger partial charge >= 0.3 is 0 Å². The normalized spacial score (nSPS) is 12.8. The van der Waals surface area contributed by atoms with Gasteiger partial charge in [-0.25, -0.2) is 17.9 Å². The van der Waals surface area contributed by atoms with E-state index in [2.05, 4.69) is 11.9 Å². The molecule has 1 amide bonds. The first-order valence-electron chi connectivity index (χ1n) is 5.89. The summed E-state index contributed by atoms with van der Waals surface area (Å²) in [6.45, 7) is 7.24. The number of sulfonamides is 1. The number of halogens is 1. The number of allylic oxidation sites excluding steroid dienone is 1. The molecule has 5 nitrogen and oxygen atoms in total. The van der Waals surface area contributed by atoms with Gasteiger partial charge in [-0.05, 0) is 31.5 Å². The zero-order chi connectivity index (χ0) is 15.5. The number of nitrogens with two attached hydrogens (primary N) is 1. The van der Waals surface area contributed by atoms with Crippen LogP contribution in [0.1, 0.15) is 20.3 Å². The summed E-state index contributed by atoms with van der Waals surface area (Å²) >= 11 is 0. The van der Waals surface area contributed by atoms with E-state index in [9.17, 15) is 17.6 Å². The van der Waals surface area contributed by atoms with Gasteiger partial charge < -0.3 is 5.32 Å². The SMILES string of the molecule is C=C(C)CC(C)C(=O)Nc1ccc(F)c(S(N)(=O)=O)c1. The minimum atomic E-state index is -4.17. The van der Waals surface area contributed by atoms with Crippen LogP contribution in [0.25, 0.3) is 0 Å². The molecule has 1 rings (SSSR count). The van der Waals surface area contributed by atoms with Crippen LogP contribution in [0, 0.1) is 11.7 Å². The predicted octanol–water partition coefficient (Wildman–Crippen LogP) is 2.01. The summed E-state index contributed by atoms with van der Waals surface area (Å²) in [5.41, 5.74) is 1.03. The summed E-state index contributed by atoms with van der Waals surface area (Å²) < 4.78 is 35.7. The summed E-state index contributed by atoms with van der Waals surface area (Å²) in [6, 6.07) is 3.21. The second-order valence-electron chi connectivity index (χ2n) is 4.74. The first-order valence-corrected chi connectivity index (χ1v) is 7.43. The fourth-order valence-electron chi connectivity index (χ4n) is 1.68. The van der Waals surface area contributed by atoms with Gasteiger partial charge in [0.05, 0.1) is 0 Å². The summed E-state index contributed by atoms with van der Waals surface area (Å²) in [7, 11) is -4.17. The number of primary sulfonamides is 1. The van der Waals surface area contributed by atoms with E-state index in [0.717, 1.165) is 17.7 Å². The molecule has 0 saturated carbocycles. The molecule has 1 aromatic carbocycles. The molecule has 0 aliphatic rings. The van der Waals surface area contributed by atoms with Crippen molar-refractivity contribution in [2.24, 2.45) is 11.1 Å². The molecule has 1 aromatic rings. The Balaban J connectivity index is 2.95. The van der Waals surface area contributed by atoms with Crippen LogP contribution in [-0.2, 0) is 14.8 Å². The molecular weight excluding hydrogens is 283 g/mol. The van der Waals surface area contributed by atoms with Gasteiger partial charge in [0.25, 0.3) is 0 Å². The van der Waals surface area contributed by atoms with Gasteiger partial charge in [-0.3, -0.25) is 4.79 Å². The van der Waals surface area contributed by atoms with Crippen molar-refractivity contribution in [1.82, 2.24) is 0 Å². The number of nitrogens with one attached hydrogen (secondary N) is 1. The van der Waals surface area contributed by atoms with Crippen molar-refractivity contribution in [3.8, 4) is 0 Å². The Bertz CT molecular complexity index is 641. The summed E-state index contributed by atoms with van der Waals surface area (Å²) in [6.07, 6.45) is 0.509. The molecule has 1 unspecified atom stereocenters. The van der Waals surface area contributed by atoms with Crippen molar-refractivity contribution >= 4 is 21.6 Å². The maximum Gasteiger partial charge on any atom is 0.241 e. The molecular formula is C13H17FN2O3S. The van der Waals surface area contributed by atoms with Gasteiger partial charge in [-0.1, -0.05) is 12.5 Å². The first kappa shape index (κ1) is 16.3. The Morgan fingerprint density at radius 1 is 1.50 bits per heavy atom. The van der Waals surface area contributed by atoms with Gasteiger partial charge in [0, 0.05) is 11.6 Å². The quantitative estimate of drug-likeness (QED) is 0.815. The minimum Gasteiger partial charge on any atom is -0.326 e. The third kappa shape index (κ3) is 4.43. The third-order valence-corrected chi connectivity index (χ3v) is 3.53. The van der Waals surface area contributed by atoms with Crippen LogP contribution in [-0.4, -0.2) is 14.3 Å². The lowest BCUT2D eigenvalue weighted by Gasteiger charge is -2.12. The molecule has 0 aliphatic heterocycles. The highest BCUT2D eigenvalue weighted by Gasteiger charge is 2.17. The average molecular weight is 300 g/mol. The number of hydrogen-bond donors (Lipinski definition) is 2. The van der Waals surface area contributed by atoms with E-state index in [-0.39, 0.29) is 17.5 Å². The second-order valence-corrected chi connectivity index (χ2v) is 6.27. The highest BCUT2D eigenvalue weighted by Crippen LogP contribution is 2.19. The maximum absolute atomic E-state index is 13.4. The smallest absolute Gasteiger partial charge is 0.241 e. The van der Waals surface area contributed by atoms with E-state index in [4.69, 9.17) is 5.14 Å². The lowest BCUT2D eigenvalue weighted by atomic mass is 10.0. The lowest BCUT2D eigenvalue weighted by molar-refractivity contribution is -0.119. The Morgan fingerprint density at radius 3 is 2.60 bits per heavy atom. The van der Waals surface area contributed by atoms with Crippen LogP contribution in [0.2, 0.25) is 0 Å². The van der Waals surface area contributed by atoms with Crippen molar-refractivity contribution in [2.45, 2.75) is 25.2 Å². The fourth-order valence-corrected chi connectivity index (χ4v) is 2.31. The second kappa shape index (κ2) is 6.15. The molecule has 0 saturated heterocycles. The molecule has 7 heteroatoms. The van der Waals surface area contributed by atoms with E-state index in [0.29, 0.717) is 6.42 Å². The van der Waals surface area contributed by atoms with Gasteiger partial charge in [-0.2, -0.15) is 0 Å². The molecule has 0 spiro atoms. The molecule has 0 aliphatic carbocycles. The summed E-state index contributed by atoms with van der Waals surface area (Å²) in [5, 5.41) is 7.41. The van der Waals surface area contributed by atoms with Gasteiger partial charge in [0.1, 0.15) is 10.7 Å². The average Bonchev–Trinajstić information content (AvgIpc) is 2.29. The molecule has 110 valence electrons. The van der Waals surface area contributed by atoms with E-state index in [1.54, 1.807) is 13.8 Å². The number of hydrogen-bond acceptors (Lipinski definition) is 3. The predicted molar refractivity (Wildman–Crippen MR) is 75.0 cm³/mol. The van der Waals surface area contributed by atoms with E-state index in [1.807, 2.05) is 0 Å². The number of benzene rings is 1. The molecule has 0 heterocycles. The zero-order valence-corrected chi connectivity index (χ0v) is 12.1. The Kier molecular flexibility index (Phi) is 5.02. The molecule has 3 N–H and O–H groups in total. The maximum atomic E-state index is 13.4. The van der Waals surface area contributed by atoms with Gasteiger partial charge in [0.15, 0.2) is 0 Å². The van der Waals surface area contributed by atoms with E-state index < -0.39 is 20.7 Å². The van der Waals surface area contributed by atoms with Gasteiger partial charge in [-0.15, -0.1) is 6.58 Å². The minimum absolute atomic E-state index is 0.175. The van der Waals surface area contributed by atoms with Crippen LogP contribution >= 0.6 is 0 Å². The topological polar surface area (TPSA) is 89.3 Å². The highest BCUT2D eigenvalue weighted by molar-refractivity contribution is 7.89. The van der Waals surface area contributed by atoms with Crippen molar-refractivity contribution in [1.29, 1.82) is 0 Å². The fraction of sp³-hybridized carbons (Fsp3) is 0.308. The number of carbonyl (C=O) groups excluding carboxylic acids is 1. The standard InChI is InChI=1S/C13H17FN2O3S/c1-8(2)6-9(3)13(17)16-10-4-5-11(14)12(7-10)20(15,18)19/h4-5,7,9H,1,6H2,2-3H3,(H,16,17)(H2,15,18,19). The third-order valence-electron chi connectivity index (χ3n) is 2.61. The largest absolute Gasteiger partial charge is 0.326 e. The van der Waals surface area contributed by atoms with Crippen molar-refractivity contribution in [3.05, 3.63) is 36.2 Å². The Labute approximate surface area is 117 Å². The van der Waals surface area contributed by atoms with Crippen LogP contribution in [0.15, 0.2) is 35.2 Å². The summed E-state index contributed by atoms with van der Waals surface area (Å²) in [5.74, 6) is -1.59. The zero-order valence-electron chi connectivity index (χ0n) is 11.3. The van der Waals surface area contributed by atoms with Crippen LogP contribution < -0.4 is 10.5 Å². The number of rotatable bonds is 5. The monoisotopic (exact) mass is 300 g/mol. The van der Waals surface area contributed by atoms with E-state index in [1.165, 1.54) is 6.07 Å². The molecule has 1 atom stereocenters. The molecule has 0 fully saturated rings.